The number of anilines is 2. The van der Waals surface area contributed by atoms with Gasteiger partial charge in [-0.25, -0.2) is 18.9 Å². The van der Waals surface area contributed by atoms with Gasteiger partial charge < -0.3 is 9.64 Å². The zero-order chi connectivity index (χ0) is 30.7. The second kappa shape index (κ2) is 13.5. The normalized spacial score (nSPS) is 19.5. The maximum Gasteiger partial charge on any atom is 0.422 e. The molecule has 2 saturated heterocycles. The van der Waals surface area contributed by atoms with Crippen LogP contribution in [0.4, 0.5) is 20.7 Å². The highest BCUT2D eigenvalue weighted by molar-refractivity contribution is 7.91. The summed E-state index contributed by atoms with van der Waals surface area (Å²) in [7, 11) is -4.24. The molecule has 2 aliphatic heterocycles. The molecule has 42 heavy (non-hydrogen) atoms. The number of ether oxygens (including phenoxy) is 1. The van der Waals surface area contributed by atoms with Crippen molar-refractivity contribution in [2.45, 2.75) is 71.2 Å². The number of nitrogens with one attached hydrogen (secondary N) is 2. The average molecular weight is 646 g/mol. The van der Waals surface area contributed by atoms with E-state index in [2.05, 4.69) is 31.3 Å². The Morgan fingerprint density at radius 3 is 2.48 bits per heavy atom. The number of benzene rings is 1. The first kappa shape index (κ1) is 32.5. The lowest BCUT2D eigenvalue weighted by Crippen LogP contribution is -2.58. The van der Waals surface area contributed by atoms with Crippen molar-refractivity contribution in [1.82, 2.24) is 19.5 Å². The van der Waals surface area contributed by atoms with E-state index in [1.54, 1.807) is 32.9 Å². The van der Waals surface area contributed by atoms with Gasteiger partial charge in [0.2, 0.25) is 0 Å². The molecule has 2 aromatic rings. The standard InChI is InChI=1S/C28H39Cl2FN6O4S/c1-5-22-18-36(26-24(30)15-21(16-32-26)33-42(39,40)34-27(38)41-28(2,3)4)12-13-37(22)23-8-10-35(11-9-23)17-19-6-7-20(29)14-25(19)31/h6-7,14-16,22-23,33H,5,8-13,17-18H2,1-4H3,(H,34,38)/t22-/m0/s1. The molecule has 1 aromatic carbocycles. The largest absolute Gasteiger partial charge is 0.443 e. The van der Waals surface area contributed by atoms with E-state index in [-0.39, 0.29) is 11.5 Å². The molecule has 1 atom stereocenters. The summed E-state index contributed by atoms with van der Waals surface area (Å²) in [5, 5.41) is 0.711. The van der Waals surface area contributed by atoms with Crippen LogP contribution in [0, 0.1) is 5.82 Å². The second-order valence-corrected chi connectivity index (χ2v) is 14.0. The van der Waals surface area contributed by atoms with Gasteiger partial charge in [0.25, 0.3) is 0 Å². The van der Waals surface area contributed by atoms with Crippen LogP contribution >= 0.6 is 23.2 Å². The smallest absolute Gasteiger partial charge is 0.422 e. The van der Waals surface area contributed by atoms with Gasteiger partial charge >= 0.3 is 16.3 Å². The van der Waals surface area contributed by atoms with Gasteiger partial charge in [-0.3, -0.25) is 14.5 Å². The first-order chi connectivity index (χ1) is 19.7. The Labute approximate surface area is 257 Å². The number of halogens is 3. The Morgan fingerprint density at radius 1 is 1.14 bits per heavy atom. The molecule has 0 aliphatic carbocycles. The van der Waals surface area contributed by atoms with Gasteiger partial charge in [-0.15, -0.1) is 0 Å². The monoisotopic (exact) mass is 644 g/mol. The Bertz CT molecular complexity index is 1370. The number of carbonyl (C=O) groups excluding carboxylic acids is 1. The van der Waals surface area contributed by atoms with Crippen LogP contribution < -0.4 is 14.3 Å². The van der Waals surface area contributed by atoms with Crippen LogP contribution in [0.1, 0.15) is 52.5 Å². The number of hydrogen-bond donors (Lipinski definition) is 2. The van der Waals surface area contributed by atoms with Crippen LogP contribution in [0.5, 0.6) is 0 Å². The Kier molecular flexibility index (Phi) is 10.5. The first-order valence-electron chi connectivity index (χ1n) is 14.1. The molecule has 1 amide bonds. The van der Waals surface area contributed by atoms with Crippen LogP contribution in [0.2, 0.25) is 10.0 Å². The Morgan fingerprint density at radius 2 is 1.86 bits per heavy atom. The van der Waals surface area contributed by atoms with Crippen molar-refractivity contribution >= 4 is 51.0 Å². The topological polar surface area (TPSA) is 107 Å². The Balaban J connectivity index is 1.32. The number of hydrogen-bond acceptors (Lipinski definition) is 8. The first-order valence-corrected chi connectivity index (χ1v) is 16.3. The molecule has 10 nitrogen and oxygen atoms in total. The van der Waals surface area contributed by atoms with Crippen LogP contribution in [0.3, 0.4) is 0 Å². The minimum atomic E-state index is -4.24. The maximum atomic E-state index is 14.3. The van der Waals surface area contributed by atoms with Crippen LogP contribution in [0.25, 0.3) is 0 Å². The fourth-order valence-electron chi connectivity index (χ4n) is 5.51. The highest BCUT2D eigenvalue weighted by Crippen LogP contribution is 2.31. The molecule has 232 valence electrons. The van der Waals surface area contributed by atoms with Crippen molar-refractivity contribution in [2.75, 3.05) is 42.3 Å². The highest BCUT2D eigenvalue weighted by atomic mass is 35.5. The number of piperazine rings is 1. The number of carbonyl (C=O) groups is 1. The zero-order valence-corrected chi connectivity index (χ0v) is 26.7. The Hall–Kier alpha value is -2.38. The number of piperidine rings is 1. The van der Waals surface area contributed by atoms with Crippen molar-refractivity contribution in [3.63, 3.8) is 0 Å². The summed E-state index contributed by atoms with van der Waals surface area (Å²) in [4.78, 5) is 23.3. The van der Waals surface area contributed by atoms with Crippen LogP contribution in [-0.2, 0) is 21.5 Å². The van der Waals surface area contributed by atoms with E-state index in [1.807, 2.05) is 4.72 Å². The number of pyridine rings is 1. The lowest BCUT2D eigenvalue weighted by molar-refractivity contribution is 0.0570. The molecular weight excluding hydrogens is 606 g/mol. The SMILES string of the molecule is CC[C@H]1CN(c2ncc(NS(=O)(=O)NC(=O)OC(C)(C)C)cc2Cl)CCN1C1CCN(Cc2ccc(Cl)cc2F)CC1. The van der Waals surface area contributed by atoms with E-state index in [0.29, 0.717) is 40.1 Å². The van der Waals surface area contributed by atoms with Gasteiger partial charge in [-0.2, -0.15) is 8.42 Å². The van der Waals surface area contributed by atoms with E-state index in [1.165, 1.54) is 18.3 Å². The van der Waals surface area contributed by atoms with Crippen molar-refractivity contribution in [2.24, 2.45) is 0 Å². The third kappa shape index (κ3) is 8.82. The molecule has 1 aromatic heterocycles. The number of aromatic nitrogens is 1. The molecule has 3 heterocycles. The summed E-state index contributed by atoms with van der Waals surface area (Å²) in [5.74, 6) is 0.319. The molecule has 2 N–H and O–H groups in total. The van der Waals surface area contributed by atoms with Crippen LogP contribution in [0.15, 0.2) is 30.5 Å². The third-order valence-corrected chi connectivity index (χ3v) is 8.88. The molecule has 0 spiro atoms. The molecule has 14 heteroatoms. The lowest BCUT2D eigenvalue weighted by atomic mass is 9.97. The molecule has 0 radical (unpaired) electrons. The van der Waals surface area contributed by atoms with Crippen molar-refractivity contribution in [3.05, 3.63) is 51.9 Å². The predicted molar refractivity (Wildman–Crippen MR) is 164 cm³/mol. The summed E-state index contributed by atoms with van der Waals surface area (Å²) in [6, 6.07) is 7.09. The fraction of sp³-hybridized carbons (Fsp3) is 0.571. The molecule has 4 rings (SSSR count). The van der Waals surface area contributed by atoms with E-state index in [9.17, 15) is 17.6 Å². The number of nitrogens with zero attached hydrogens (tertiary/aromatic N) is 4. The third-order valence-electron chi connectivity index (χ3n) is 7.42. The number of amides is 1. The van der Waals surface area contributed by atoms with Gasteiger partial charge in [0.15, 0.2) is 0 Å². The van der Waals surface area contributed by atoms with E-state index in [4.69, 9.17) is 27.9 Å². The van der Waals surface area contributed by atoms with Gasteiger partial charge in [-0.1, -0.05) is 36.2 Å². The van der Waals surface area contributed by atoms with Gasteiger partial charge in [0.05, 0.1) is 16.9 Å². The summed E-state index contributed by atoms with van der Waals surface area (Å²) < 4.78 is 48.1. The quantitative estimate of drug-likeness (QED) is 0.400. The molecule has 0 bridgehead atoms. The van der Waals surface area contributed by atoms with E-state index in [0.717, 1.165) is 52.0 Å². The van der Waals surface area contributed by atoms with Gasteiger partial charge in [0.1, 0.15) is 17.2 Å². The van der Waals surface area contributed by atoms with Gasteiger partial charge in [0, 0.05) is 48.8 Å². The zero-order valence-electron chi connectivity index (χ0n) is 24.4. The molecular formula is C28H39Cl2FN6O4S. The summed E-state index contributed by atoms with van der Waals surface area (Å²) in [6.45, 7) is 11.8. The average Bonchev–Trinajstić information content (AvgIpc) is 2.89. The predicted octanol–water partition coefficient (Wildman–Crippen LogP) is 5.27. The van der Waals surface area contributed by atoms with E-state index >= 15 is 0 Å². The number of rotatable bonds is 8. The second-order valence-electron chi connectivity index (χ2n) is 11.7. The van der Waals surface area contributed by atoms with Gasteiger partial charge in [-0.05, 0) is 71.3 Å². The van der Waals surface area contributed by atoms with Crippen molar-refractivity contribution in [1.29, 1.82) is 0 Å². The van der Waals surface area contributed by atoms with Crippen molar-refractivity contribution < 1.29 is 22.3 Å². The fourth-order valence-corrected chi connectivity index (χ4v) is 6.69. The highest BCUT2D eigenvalue weighted by Gasteiger charge is 2.34. The summed E-state index contributed by atoms with van der Waals surface area (Å²) >= 11 is 12.5. The lowest BCUT2D eigenvalue weighted by Gasteiger charge is -2.47. The minimum absolute atomic E-state index is 0.121. The maximum absolute atomic E-state index is 14.3. The van der Waals surface area contributed by atoms with Crippen molar-refractivity contribution in [3.8, 4) is 0 Å². The summed E-state index contributed by atoms with van der Waals surface area (Å²) in [6.07, 6.45) is 3.27. The molecule has 2 fully saturated rings. The molecule has 0 saturated carbocycles. The molecule has 0 unspecified atom stereocenters. The van der Waals surface area contributed by atoms with E-state index < -0.39 is 21.9 Å². The molecule has 2 aliphatic rings. The minimum Gasteiger partial charge on any atom is -0.443 e. The van der Waals surface area contributed by atoms with Crippen LogP contribution in [-0.4, -0.2) is 79.7 Å². The summed E-state index contributed by atoms with van der Waals surface area (Å²) in [5.41, 5.74) is -0.0566. The number of likely N-dealkylation sites (tertiary alicyclic amines) is 1.